The number of ether oxygens (including phenoxy) is 2. The van der Waals surface area contributed by atoms with Crippen LogP contribution in [0, 0.1) is 3.57 Å². The predicted octanol–water partition coefficient (Wildman–Crippen LogP) is 3.59. The van der Waals surface area contributed by atoms with E-state index in [9.17, 15) is 18.0 Å². The zero-order valence-electron chi connectivity index (χ0n) is 10.3. The first-order valence-electron chi connectivity index (χ1n) is 5.42. The van der Waals surface area contributed by atoms with E-state index in [1.807, 2.05) is 22.6 Å². The van der Waals surface area contributed by atoms with Crippen molar-refractivity contribution in [2.24, 2.45) is 0 Å². The van der Waals surface area contributed by atoms with E-state index in [0.29, 0.717) is 14.5 Å². The van der Waals surface area contributed by atoms with Gasteiger partial charge in [-0.2, -0.15) is 0 Å². The molecule has 0 aliphatic rings. The Morgan fingerprint density at radius 2 is 2.15 bits per heavy atom. The lowest BCUT2D eigenvalue weighted by Gasteiger charge is -2.13. The summed E-state index contributed by atoms with van der Waals surface area (Å²) in [4.78, 5) is 15.2. The molecule has 0 saturated carbocycles. The summed E-state index contributed by atoms with van der Waals surface area (Å²) in [5.74, 6) is -1.15. The molecule has 20 heavy (non-hydrogen) atoms. The Bertz CT molecular complexity index is 497. The van der Waals surface area contributed by atoms with E-state index in [1.165, 1.54) is 6.07 Å². The van der Waals surface area contributed by atoms with Crippen molar-refractivity contribution in [2.45, 2.75) is 25.0 Å². The van der Waals surface area contributed by atoms with Gasteiger partial charge < -0.3 is 9.47 Å². The number of esters is 1. The zero-order valence-corrected chi connectivity index (χ0v) is 14.0. The first kappa shape index (κ1) is 17.5. The molecule has 112 valence electrons. The fourth-order valence-corrected chi connectivity index (χ4v) is 3.29. The standard InChI is InChI=1S/C11H10BrF3INO3/c1-2-19-10(18)4-8-6(5-12)7(16)3-9(17-8)20-11(13,14)15/h3H,2,4-5H2,1H3. The highest BCUT2D eigenvalue weighted by Gasteiger charge is 2.32. The van der Waals surface area contributed by atoms with E-state index < -0.39 is 18.2 Å². The number of rotatable bonds is 5. The van der Waals surface area contributed by atoms with Crippen LogP contribution in [0.5, 0.6) is 5.88 Å². The molecular weight excluding hydrogens is 458 g/mol. The van der Waals surface area contributed by atoms with Crippen LogP contribution in [0.4, 0.5) is 13.2 Å². The number of halogens is 5. The van der Waals surface area contributed by atoms with Crippen LogP contribution in [0.3, 0.4) is 0 Å². The van der Waals surface area contributed by atoms with Gasteiger partial charge in [0.15, 0.2) is 0 Å². The van der Waals surface area contributed by atoms with Gasteiger partial charge in [-0.05, 0) is 35.1 Å². The summed E-state index contributed by atoms with van der Waals surface area (Å²) in [6, 6.07) is 1.17. The summed E-state index contributed by atoms with van der Waals surface area (Å²) >= 11 is 5.08. The van der Waals surface area contributed by atoms with Gasteiger partial charge in [0.1, 0.15) is 0 Å². The van der Waals surface area contributed by atoms with Crippen LogP contribution in [0.15, 0.2) is 6.07 Å². The summed E-state index contributed by atoms with van der Waals surface area (Å²) in [5, 5.41) is 0.360. The van der Waals surface area contributed by atoms with Gasteiger partial charge in [0.25, 0.3) is 0 Å². The van der Waals surface area contributed by atoms with Crippen molar-refractivity contribution in [3.63, 3.8) is 0 Å². The lowest BCUT2D eigenvalue weighted by molar-refractivity contribution is -0.276. The van der Waals surface area contributed by atoms with E-state index in [0.717, 1.165) is 0 Å². The maximum absolute atomic E-state index is 12.2. The molecule has 0 N–H and O–H groups in total. The average molecular weight is 468 g/mol. The number of carbonyl (C=O) groups excluding carboxylic acids is 1. The maximum Gasteiger partial charge on any atom is 0.574 e. The highest BCUT2D eigenvalue weighted by atomic mass is 127. The van der Waals surface area contributed by atoms with Gasteiger partial charge in [-0.15, -0.1) is 13.2 Å². The van der Waals surface area contributed by atoms with Crippen LogP contribution in [-0.2, 0) is 21.3 Å². The van der Waals surface area contributed by atoms with Gasteiger partial charge >= 0.3 is 12.3 Å². The molecule has 4 nitrogen and oxygen atoms in total. The number of pyridine rings is 1. The van der Waals surface area contributed by atoms with Gasteiger partial charge in [-0.1, -0.05) is 15.9 Å². The zero-order chi connectivity index (χ0) is 15.3. The first-order chi connectivity index (χ1) is 9.26. The molecule has 9 heteroatoms. The average Bonchev–Trinajstić information content (AvgIpc) is 2.26. The fourth-order valence-electron chi connectivity index (χ4n) is 1.37. The number of nitrogens with zero attached hydrogens (tertiary/aromatic N) is 1. The Labute approximate surface area is 135 Å². The minimum absolute atomic E-state index is 0.193. The van der Waals surface area contributed by atoms with Gasteiger partial charge in [0.05, 0.1) is 18.7 Å². The molecule has 0 aromatic carbocycles. The summed E-state index contributed by atoms with van der Waals surface area (Å²) in [6.07, 6.45) is -5.03. The minimum Gasteiger partial charge on any atom is -0.466 e. The summed E-state index contributed by atoms with van der Waals surface area (Å²) in [5.41, 5.74) is 0.833. The van der Waals surface area contributed by atoms with Gasteiger partial charge in [-0.3, -0.25) is 4.79 Å². The van der Waals surface area contributed by atoms with Crippen molar-refractivity contribution in [2.75, 3.05) is 6.61 Å². The van der Waals surface area contributed by atoms with Crippen LogP contribution in [-0.4, -0.2) is 23.9 Å². The van der Waals surface area contributed by atoms with Gasteiger partial charge in [0, 0.05) is 15.0 Å². The van der Waals surface area contributed by atoms with Crippen LogP contribution in [0.25, 0.3) is 0 Å². The number of hydrogen-bond acceptors (Lipinski definition) is 4. The summed E-state index contributed by atoms with van der Waals surface area (Å²) < 4.78 is 45.7. The molecule has 0 aliphatic heterocycles. The molecule has 1 aromatic heterocycles. The highest BCUT2D eigenvalue weighted by Crippen LogP contribution is 2.27. The van der Waals surface area contributed by atoms with E-state index >= 15 is 0 Å². The Balaban J connectivity index is 3.09. The lowest BCUT2D eigenvalue weighted by Crippen LogP contribution is -2.19. The summed E-state index contributed by atoms with van der Waals surface area (Å²) in [6.45, 7) is 1.84. The molecule has 0 bridgehead atoms. The number of carbonyl (C=O) groups is 1. The Hall–Kier alpha value is -0.580. The molecular formula is C11H10BrF3INO3. The van der Waals surface area contributed by atoms with Crippen LogP contribution < -0.4 is 4.74 Å². The second kappa shape index (κ2) is 7.43. The summed E-state index contributed by atoms with van der Waals surface area (Å²) in [7, 11) is 0. The topological polar surface area (TPSA) is 48.4 Å². The number of alkyl halides is 4. The molecule has 1 aromatic rings. The Morgan fingerprint density at radius 3 is 2.65 bits per heavy atom. The quantitative estimate of drug-likeness (QED) is 0.377. The SMILES string of the molecule is CCOC(=O)Cc1nc(OC(F)(F)F)cc(I)c1CBr. The van der Waals surface area contributed by atoms with Crippen molar-refractivity contribution < 1.29 is 27.4 Å². The van der Waals surface area contributed by atoms with Crippen LogP contribution >= 0.6 is 38.5 Å². The maximum atomic E-state index is 12.2. The van der Waals surface area contributed by atoms with Crippen molar-refractivity contribution in [1.29, 1.82) is 0 Å². The molecule has 0 fully saturated rings. The van der Waals surface area contributed by atoms with Crippen molar-refractivity contribution in [1.82, 2.24) is 4.98 Å². The highest BCUT2D eigenvalue weighted by molar-refractivity contribution is 14.1. The fraction of sp³-hybridized carbons (Fsp3) is 0.455. The second-order valence-electron chi connectivity index (χ2n) is 3.53. The third-order valence-corrected chi connectivity index (χ3v) is 3.63. The number of aromatic nitrogens is 1. The molecule has 0 saturated heterocycles. The number of hydrogen-bond donors (Lipinski definition) is 0. The Morgan fingerprint density at radius 1 is 1.50 bits per heavy atom. The molecule has 0 spiro atoms. The van der Waals surface area contributed by atoms with E-state index in [2.05, 4.69) is 25.7 Å². The van der Waals surface area contributed by atoms with Crippen molar-refractivity contribution >= 4 is 44.5 Å². The molecule has 1 rings (SSSR count). The normalized spacial score (nSPS) is 11.3. The molecule has 0 radical (unpaired) electrons. The minimum atomic E-state index is -4.83. The third-order valence-electron chi connectivity index (χ3n) is 2.10. The third kappa shape index (κ3) is 5.43. The lowest BCUT2D eigenvalue weighted by atomic mass is 10.1. The molecule has 0 unspecified atom stereocenters. The smallest absolute Gasteiger partial charge is 0.466 e. The second-order valence-corrected chi connectivity index (χ2v) is 5.25. The monoisotopic (exact) mass is 467 g/mol. The van der Waals surface area contributed by atoms with Crippen molar-refractivity contribution in [3.05, 3.63) is 20.9 Å². The molecule has 0 amide bonds. The van der Waals surface area contributed by atoms with E-state index in [-0.39, 0.29) is 18.7 Å². The van der Waals surface area contributed by atoms with Gasteiger partial charge in [-0.25, -0.2) is 4.98 Å². The van der Waals surface area contributed by atoms with E-state index in [1.54, 1.807) is 6.92 Å². The molecule has 0 aliphatic carbocycles. The van der Waals surface area contributed by atoms with E-state index in [4.69, 9.17) is 4.74 Å². The largest absolute Gasteiger partial charge is 0.574 e. The predicted molar refractivity (Wildman–Crippen MR) is 76.6 cm³/mol. The van der Waals surface area contributed by atoms with Crippen LogP contribution in [0.2, 0.25) is 0 Å². The molecule has 1 heterocycles. The van der Waals surface area contributed by atoms with Crippen LogP contribution in [0.1, 0.15) is 18.2 Å². The first-order valence-corrected chi connectivity index (χ1v) is 7.62. The Kier molecular flexibility index (Phi) is 6.49. The van der Waals surface area contributed by atoms with Gasteiger partial charge in [0.2, 0.25) is 5.88 Å². The molecule has 0 atom stereocenters. The van der Waals surface area contributed by atoms with Crippen molar-refractivity contribution in [3.8, 4) is 5.88 Å².